The molecule has 1 aliphatic rings. The van der Waals surface area contributed by atoms with Gasteiger partial charge in [-0.1, -0.05) is 81.6 Å². The van der Waals surface area contributed by atoms with Crippen LogP contribution in [0.25, 0.3) is 5.76 Å². The predicted octanol–water partition coefficient (Wildman–Crippen LogP) is 6.04. The van der Waals surface area contributed by atoms with Crippen LogP contribution in [0.1, 0.15) is 51.5 Å². The van der Waals surface area contributed by atoms with E-state index >= 15 is 0 Å². The maximum Gasteiger partial charge on any atom is 0.269 e. The highest BCUT2D eigenvalue weighted by molar-refractivity contribution is 5.99. The van der Waals surface area contributed by atoms with Crippen molar-refractivity contribution in [2.45, 2.75) is 51.6 Å². The first kappa shape index (κ1) is 19.2. The molecular formula is C24H29NO2. The van der Waals surface area contributed by atoms with Gasteiger partial charge >= 0.3 is 0 Å². The summed E-state index contributed by atoms with van der Waals surface area (Å²) in [5.41, 5.74) is 0.999. The highest BCUT2D eigenvalue weighted by atomic mass is 16.5. The molecule has 0 saturated heterocycles. The maximum atomic E-state index is 13.4. The number of anilines is 1. The second-order valence-corrected chi connectivity index (χ2v) is 7.21. The molecule has 142 valence electrons. The number of amides is 1. The normalized spacial score (nSPS) is 21.4. The van der Waals surface area contributed by atoms with Gasteiger partial charge in [0.05, 0.1) is 0 Å². The van der Waals surface area contributed by atoms with Gasteiger partial charge in [0.15, 0.2) is 5.60 Å². The van der Waals surface area contributed by atoms with Crippen LogP contribution >= 0.6 is 0 Å². The molecule has 0 aliphatic carbocycles. The Hall–Kier alpha value is -2.55. The molecule has 1 heterocycles. The van der Waals surface area contributed by atoms with Crippen molar-refractivity contribution in [3.8, 4) is 0 Å². The molecule has 0 bridgehead atoms. The van der Waals surface area contributed by atoms with Gasteiger partial charge in [-0.3, -0.25) is 4.79 Å². The first-order chi connectivity index (χ1) is 13.2. The zero-order valence-corrected chi connectivity index (χ0v) is 16.3. The van der Waals surface area contributed by atoms with Crippen LogP contribution in [0.15, 0.2) is 66.7 Å². The molecule has 2 aromatic rings. The summed E-state index contributed by atoms with van der Waals surface area (Å²) >= 11 is 0. The molecule has 0 saturated carbocycles. The Labute approximate surface area is 162 Å². The molecule has 0 spiro atoms. The standard InChI is InChI=1S/C24H29NO2/c1-3-5-14-20-18-22(19-12-8-6-9-13-19)27-24(20,17-4-2)23(26)25-21-15-10-7-11-16-21/h6-13,15-16,18,20H,3-5,14,17H2,1-2H3,(H,25,26). The number of unbranched alkanes of at least 4 members (excludes halogenated alkanes) is 1. The maximum absolute atomic E-state index is 13.4. The highest BCUT2D eigenvalue weighted by Gasteiger charge is 2.50. The van der Waals surface area contributed by atoms with E-state index in [1.807, 2.05) is 60.7 Å². The van der Waals surface area contributed by atoms with E-state index in [0.717, 1.165) is 42.7 Å². The molecule has 27 heavy (non-hydrogen) atoms. The van der Waals surface area contributed by atoms with Crippen molar-refractivity contribution in [1.82, 2.24) is 0 Å². The average molecular weight is 364 g/mol. The number of nitrogens with one attached hydrogen (secondary N) is 1. The number of benzene rings is 2. The Kier molecular flexibility index (Phi) is 6.33. The predicted molar refractivity (Wildman–Crippen MR) is 111 cm³/mol. The lowest BCUT2D eigenvalue weighted by Gasteiger charge is -2.34. The van der Waals surface area contributed by atoms with E-state index in [9.17, 15) is 4.79 Å². The van der Waals surface area contributed by atoms with Crippen LogP contribution in [0.3, 0.4) is 0 Å². The second-order valence-electron chi connectivity index (χ2n) is 7.21. The highest BCUT2D eigenvalue weighted by Crippen LogP contribution is 2.44. The summed E-state index contributed by atoms with van der Waals surface area (Å²) in [5, 5.41) is 3.09. The Morgan fingerprint density at radius 3 is 2.30 bits per heavy atom. The number of hydrogen-bond acceptors (Lipinski definition) is 2. The lowest BCUT2D eigenvalue weighted by molar-refractivity contribution is -0.136. The topological polar surface area (TPSA) is 38.3 Å². The summed E-state index contributed by atoms with van der Waals surface area (Å²) in [6.45, 7) is 4.29. The molecule has 0 radical (unpaired) electrons. The van der Waals surface area contributed by atoms with E-state index in [0.29, 0.717) is 6.42 Å². The molecule has 0 fully saturated rings. The smallest absolute Gasteiger partial charge is 0.269 e. The van der Waals surface area contributed by atoms with E-state index in [4.69, 9.17) is 4.74 Å². The minimum Gasteiger partial charge on any atom is -0.476 e. The van der Waals surface area contributed by atoms with Gasteiger partial charge in [0.1, 0.15) is 5.76 Å². The van der Waals surface area contributed by atoms with Crippen molar-refractivity contribution < 1.29 is 9.53 Å². The van der Waals surface area contributed by atoms with Gasteiger partial charge in [-0.05, 0) is 31.1 Å². The minimum atomic E-state index is -0.842. The fourth-order valence-electron chi connectivity index (χ4n) is 3.82. The van der Waals surface area contributed by atoms with Gasteiger partial charge in [0, 0.05) is 17.2 Å². The van der Waals surface area contributed by atoms with Gasteiger partial charge in [-0.15, -0.1) is 0 Å². The van der Waals surface area contributed by atoms with Crippen LogP contribution in [0.5, 0.6) is 0 Å². The van der Waals surface area contributed by atoms with E-state index in [1.165, 1.54) is 0 Å². The zero-order chi connectivity index (χ0) is 19.1. The third kappa shape index (κ3) is 4.24. The Morgan fingerprint density at radius 2 is 1.67 bits per heavy atom. The van der Waals surface area contributed by atoms with Crippen LogP contribution in [0.2, 0.25) is 0 Å². The quantitative estimate of drug-likeness (QED) is 0.621. The van der Waals surface area contributed by atoms with Gasteiger partial charge in [-0.25, -0.2) is 0 Å². The van der Waals surface area contributed by atoms with Crippen LogP contribution in [0, 0.1) is 5.92 Å². The number of carbonyl (C=O) groups is 1. The average Bonchev–Trinajstić information content (AvgIpc) is 3.08. The van der Waals surface area contributed by atoms with E-state index in [2.05, 4.69) is 25.2 Å². The van der Waals surface area contributed by atoms with Crippen LogP contribution < -0.4 is 5.32 Å². The van der Waals surface area contributed by atoms with Crippen molar-refractivity contribution in [2.24, 2.45) is 5.92 Å². The summed E-state index contributed by atoms with van der Waals surface area (Å²) in [4.78, 5) is 13.4. The summed E-state index contributed by atoms with van der Waals surface area (Å²) in [6, 6.07) is 19.7. The van der Waals surface area contributed by atoms with E-state index < -0.39 is 5.60 Å². The largest absolute Gasteiger partial charge is 0.476 e. The third-order valence-corrected chi connectivity index (χ3v) is 5.21. The van der Waals surface area contributed by atoms with Crippen molar-refractivity contribution >= 4 is 17.4 Å². The van der Waals surface area contributed by atoms with Gasteiger partial charge in [0.2, 0.25) is 0 Å². The lowest BCUT2D eigenvalue weighted by atomic mass is 9.80. The van der Waals surface area contributed by atoms with E-state index in [1.54, 1.807) is 0 Å². The molecule has 2 atom stereocenters. The number of para-hydroxylation sites is 1. The van der Waals surface area contributed by atoms with Crippen LogP contribution in [0.4, 0.5) is 5.69 Å². The molecule has 1 N–H and O–H groups in total. The third-order valence-electron chi connectivity index (χ3n) is 5.21. The van der Waals surface area contributed by atoms with Crippen molar-refractivity contribution in [3.05, 3.63) is 72.3 Å². The van der Waals surface area contributed by atoms with Gasteiger partial charge < -0.3 is 10.1 Å². The SMILES string of the molecule is CCCCC1C=C(c2ccccc2)OC1(CCC)C(=O)Nc1ccccc1. The summed E-state index contributed by atoms with van der Waals surface area (Å²) in [5.74, 6) is 0.864. The second kappa shape index (κ2) is 8.90. The van der Waals surface area contributed by atoms with Crippen LogP contribution in [-0.2, 0) is 9.53 Å². The monoisotopic (exact) mass is 363 g/mol. The fraction of sp³-hybridized carbons (Fsp3) is 0.375. The van der Waals surface area contributed by atoms with Crippen molar-refractivity contribution in [1.29, 1.82) is 0 Å². The Balaban J connectivity index is 1.91. The van der Waals surface area contributed by atoms with E-state index in [-0.39, 0.29) is 11.8 Å². The van der Waals surface area contributed by atoms with Crippen molar-refractivity contribution in [2.75, 3.05) is 5.32 Å². The van der Waals surface area contributed by atoms with Crippen LogP contribution in [-0.4, -0.2) is 11.5 Å². The van der Waals surface area contributed by atoms with Gasteiger partial charge in [0.25, 0.3) is 5.91 Å². The number of carbonyl (C=O) groups excluding carboxylic acids is 1. The molecule has 3 nitrogen and oxygen atoms in total. The lowest BCUT2D eigenvalue weighted by Crippen LogP contribution is -2.48. The molecule has 3 heteroatoms. The summed E-state index contributed by atoms with van der Waals surface area (Å²) < 4.78 is 6.47. The first-order valence-electron chi connectivity index (χ1n) is 10.0. The minimum absolute atomic E-state index is 0.0427. The number of hydrogen-bond donors (Lipinski definition) is 1. The Morgan fingerprint density at radius 1 is 1.00 bits per heavy atom. The molecule has 1 aliphatic heterocycles. The fourth-order valence-corrected chi connectivity index (χ4v) is 3.82. The van der Waals surface area contributed by atoms with Gasteiger partial charge in [-0.2, -0.15) is 0 Å². The first-order valence-corrected chi connectivity index (χ1v) is 10.0. The summed E-state index contributed by atoms with van der Waals surface area (Å²) in [7, 11) is 0. The zero-order valence-electron chi connectivity index (χ0n) is 16.3. The molecule has 1 amide bonds. The number of ether oxygens (including phenoxy) is 1. The molecule has 2 unspecified atom stereocenters. The summed E-state index contributed by atoms with van der Waals surface area (Å²) in [6.07, 6.45) is 6.90. The molecular weight excluding hydrogens is 334 g/mol. The molecule has 0 aromatic heterocycles. The molecule has 3 rings (SSSR count). The Bertz CT molecular complexity index is 769. The number of rotatable bonds is 8. The van der Waals surface area contributed by atoms with Crippen molar-refractivity contribution in [3.63, 3.8) is 0 Å². The molecule has 2 aromatic carbocycles.